The van der Waals surface area contributed by atoms with E-state index in [4.69, 9.17) is 14.6 Å². The number of para-hydroxylation sites is 1. The van der Waals surface area contributed by atoms with Crippen LogP contribution in [-0.2, 0) is 6.61 Å². The number of nitrogens with zero attached hydrogens (tertiary/aromatic N) is 3. The fourth-order valence-corrected chi connectivity index (χ4v) is 2.01. The lowest BCUT2D eigenvalue weighted by Gasteiger charge is -2.06. The van der Waals surface area contributed by atoms with E-state index in [0.717, 1.165) is 5.69 Å². The van der Waals surface area contributed by atoms with Crippen LogP contribution in [0.3, 0.4) is 0 Å². The maximum atomic E-state index is 8.71. The number of hydrogen-bond donors (Lipinski definition) is 1. The van der Waals surface area contributed by atoms with Crippen molar-refractivity contribution in [2.75, 3.05) is 13.2 Å². The van der Waals surface area contributed by atoms with Crippen molar-refractivity contribution in [3.8, 4) is 17.2 Å². The normalized spacial score (nSPS) is 10.5. The Hall–Kier alpha value is -2.86. The molecule has 0 saturated carbocycles. The number of aliphatic hydroxyl groups is 1. The van der Waals surface area contributed by atoms with Crippen molar-refractivity contribution in [1.82, 2.24) is 14.8 Å². The van der Waals surface area contributed by atoms with Crippen LogP contribution in [0, 0.1) is 0 Å². The van der Waals surface area contributed by atoms with Crippen LogP contribution >= 0.6 is 0 Å². The standard InChI is InChI=1S/C17H17N3O3/c21-10-11-22-15-6-8-16(9-7-15)23-12-17-18-13-20(19-17)14-4-2-1-3-5-14/h1-9,13,21H,10-12H2. The lowest BCUT2D eigenvalue weighted by Crippen LogP contribution is -2.02. The van der Waals surface area contributed by atoms with Crippen LogP contribution in [0.25, 0.3) is 5.69 Å². The Morgan fingerprint density at radius 3 is 2.30 bits per heavy atom. The number of ether oxygens (including phenoxy) is 2. The van der Waals surface area contributed by atoms with Gasteiger partial charge in [0.05, 0.1) is 12.3 Å². The average Bonchev–Trinajstić information content (AvgIpc) is 3.09. The molecule has 0 aliphatic rings. The summed E-state index contributed by atoms with van der Waals surface area (Å²) in [7, 11) is 0. The topological polar surface area (TPSA) is 69.4 Å². The van der Waals surface area contributed by atoms with E-state index >= 15 is 0 Å². The molecule has 0 amide bonds. The van der Waals surface area contributed by atoms with Crippen molar-refractivity contribution in [3.63, 3.8) is 0 Å². The molecule has 0 aliphatic heterocycles. The van der Waals surface area contributed by atoms with Crippen molar-refractivity contribution in [3.05, 3.63) is 66.7 Å². The molecule has 6 heteroatoms. The molecule has 118 valence electrons. The van der Waals surface area contributed by atoms with E-state index in [9.17, 15) is 0 Å². The maximum Gasteiger partial charge on any atom is 0.188 e. The highest BCUT2D eigenvalue weighted by molar-refractivity contribution is 5.31. The zero-order valence-electron chi connectivity index (χ0n) is 12.5. The van der Waals surface area contributed by atoms with Crippen LogP contribution < -0.4 is 9.47 Å². The smallest absolute Gasteiger partial charge is 0.188 e. The quantitative estimate of drug-likeness (QED) is 0.724. The first kappa shape index (κ1) is 15.1. The van der Waals surface area contributed by atoms with Crippen molar-refractivity contribution < 1.29 is 14.6 Å². The number of aromatic nitrogens is 3. The first-order valence-electron chi connectivity index (χ1n) is 7.27. The van der Waals surface area contributed by atoms with Crippen LogP contribution in [0.5, 0.6) is 11.5 Å². The Morgan fingerprint density at radius 1 is 0.913 bits per heavy atom. The molecule has 0 fully saturated rings. The number of hydrogen-bond acceptors (Lipinski definition) is 5. The molecular weight excluding hydrogens is 294 g/mol. The summed E-state index contributed by atoms with van der Waals surface area (Å²) in [5, 5.41) is 13.1. The van der Waals surface area contributed by atoms with Gasteiger partial charge in [0.1, 0.15) is 31.0 Å². The molecule has 1 aromatic heterocycles. The third-order valence-electron chi connectivity index (χ3n) is 3.11. The fraction of sp³-hybridized carbons (Fsp3) is 0.176. The summed E-state index contributed by atoms with van der Waals surface area (Å²) in [6.07, 6.45) is 1.67. The van der Waals surface area contributed by atoms with E-state index in [1.807, 2.05) is 30.3 Å². The van der Waals surface area contributed by atoms with Crippen LogP contribution in [0.1, 0.15) is 5.82 Å². The summed E-state index contributed by atoms with van der Waals surface area (Å²) in [6, 6.07) is 17.0. The van der Waals surface area contributed by atoms with Gasteiger partial charge in [-0.3, -0.25) is 0 Å². The van der Waals surface area contributed by atoms with Gasteiger partial charge in [0.15, 0.2) is 5.82 Å². The van der Waals surface area contributed by atoms with Crippen LogP contribution in [0.15, 0.2) is 60.9 Å². The SMILES string of the molecule is OCCOc1ccc(OCc2ncn(-c3ccccc3)n2)cc1. The summed E-state index contributed by atoms with van der Waals surface area (Å²) >= 11 is 0. The Kier molecular flexibility index (Phi) is 4.85. The van der Waals surface area contributed by atoms with Gasteiger partial charge in [-0.15, -0.1) is 5.10 Å². The van der Waals surface area contributed by atoms with E-state index in [-0.39, 0.29) is 19.8 Å². The van der Waals surface area contributed by atoms with Gasteiger partial charge in [-0.1, -0.05) is 18.2 Å². The Labute approximate surface area is 133 Å². The van der Waals surface area contributed by atoms with Crippen molar-refractivity contribution in [2.24, 2.45) is 0 Å². The van der Waals surface area contributed by atoms with Gasteiger partial charge >= 0.3 is 0 Å². The third-order valence-corrected chi connectivity index (χ3v) is 3.11. The maximum absolute atomic E-state index is 8.71. The van der Waals surface area contributed by atoms with Gasteiger partial charge in [-0.2, -0.15) is 0 Å². The lowest BCUT2D eigenvalue weighted by molar-refractivity contribution is 0.201. The summed E-state index contributed by atoms with van der Waals surface area (Å²) in [6.45, 7) is 0.561. The molecule has 0 saturated heterocycles. The minimum Gasteiger partial charge on any atom is -0.491 e. The van der Waals surface area contributed by atoms with Crippen molar-refractivity contribution in [2.45, 2.75) is 6.61 Å². The van der Waals surface area contributed by atoms with E-state index in [0.29, 0.717) is 17.3 Å². The van der Waals surface area contributed by atoms with Crippen LogP contribution in [0.2, 0.25) is 0 Å². The monoisotopic (exact) mass is 311 g/mol. The minimum atomic E-state index is -0.00596. The van der Waals surface area contributed by atoms with Gasteiger partial charge in [-0.25, -0.2) is 9.67 Å². The molecule has 0 radical (unpaired) electrons. The Balaban J connectivity index is 1.57. The molecule has 0 spiro atoms. The predicted molar refractivity (Wildman–Crippen MR) is 84.7 cm³/mol. The van der Waals surface area contributed by atoms with Gasteiger partial charge in [0.25, 0.3) is 0 Å². The number of benzene rings is 2. The molecule has 0 bridgehead atoms. The summed E-state index contributed by atoms with van der Waals surface area (Å²) in [4.78, 5) is 4.24. The Bertz CT molecular complexity index is 726. The van der Waals surface area contributed by atoms with E-state index in [2.05, 4.69) is 10.1 Å². The predicted octanol–water partition coefficient (Wildman–Crippen LogP) is 2.22. The summed E-state index contributed by atoms with van der Waals surface area (Å²) in [5.41, 5.74) is 0.955. The molecule has 1 heterocycles. The zero-order chi connectivity index (χ0) is 15.9. The minimum absolute atomic E-state index is 0.00596. The molecule has 0 unspecified atom stereocenters. The number of rotatable bonds is 7. The zero-order valence-corrected chi connectivity index (χ0v) is 12.5. The van der Waals surface area contributed by atoms with Gasteiger partial charge in [0, 0.05) is 0 Å². The van der Waals surface area contributed by atoms with Gasteiger partial charge in [-0.05, 0) is 36.4 Å². The van der Waals surface area contributed by atoms with Gasteiger partial charge < -0.3 is 14.6 Å². The highest BCUT2D eigenvalue weighted by Crippen LogP contribution is 2.18. The fourth-order valence-electron chi connectivity index (χ4n) is 2.01. The highest BCUT2D eigenvalue weighted by atomic mass is 16.5. The second-order valence-electron chi connectivity index (χ2n) is 4.77. The van der Waals surface area contributed by atoms with Gasteiger partial charge in [0.2, 0.25) is 0 Å². The molecule has 6 nitrogen and oxygen atoms in total. The van der Waals surface area contributed by atoms with Crippen LogP contribution in [0.4, 0.5) is 0 Å². The van der Waals surface area contributed by atoms with Crippen LogP contribution in [-0.4, -0.2) is 33.1 Å². The van der Waals surface area contributed by atoms with Crippen molar-refractivity contribution in [1.29, 1.82) is 0 Å². The summed E-state index contributed by atoms with van der Waals surface area (Å²) in [5.74, 6) is 2.00. The largest absolute Gasteiger partial charge is 0.491 e. The molecule has 0 atom stereocenters. The molecule has 0 aliphatic carbocycles. The first-order valence-corrected chi connectivity index (χ1v) is 7.27. The average molecular weight is 311 g/mol. The molecule has 1 N–H and O–H groups in total. The molecule has 3 aromatic rings. The summed E-state index contributed by atoms with van der Waals surface area (Å²) < 4.78 is 12.7. The van der Waals surface area contributed by atoms with Crippen molar-refractivity contribution >= 4 is 0 Å². The molecule has 3 rings (SSSR count). The molecular formula is C17H17N3O3. The first-order chi connectivity index (χ1) is 11.3. The number of aliphatic hydroxyl groups excluding tert-OH is 1. The lowest BCUT2D eigenvalue weighted by atomic mass is 10.3. The second-order valence-corrected chi connectivity index (χ2v) is 4.77. The Morgan fingerprint density at radius 2 is 1.61 bits per heavy atom. The second kappa shape index (κ2) is 7.42. The molecule has 2 aromatic carbocycles. The molecule has 23 heavy (non-hydrogen) atoms. The third kappa shape index (κ3) is 4.08. The van der Waals surface area contributed by atoms with E-state index in [1.165, 1.54) is 0 Å². The van der Waals surface area contributed by atoms with E-state index < -0.39 is 0 Å². The highest BCUT2D eigenvalue weighted by Gasteiger charge is 2.04. The van der Waals surface area contributed by atoms with E-state index in [1.54, 1.807) is 35.3 Å².